The third-order valence-electron chi connectivity index (χ3n) is 2.63. The van der Waals surface area contributed by atoms with Gasteiger partial charge in [-0.25, -0.2) is 0 Å². The molecule has 0 heterocycles. The van der Waals surface area contributed by atoms with Crippen LogP contribution < -0.4 is 0 Å². The van der Waals surface area contributed by atoms with Gasteiger partial charge in [0.05, 0.1) is 0 Å². The molecule has 0 heteroatoms. The van der Waals surface area contributed by atoms with Crippen LogP contribution in [-0.2, 0) is 0 Å². The van der Waals surface area contributed by atoms with Crippen LogP contribution in [0.2, 0.25) is 0 Å². The van der Waals surface area contributed by atoms with E-state index in [-0.39, 0.29) is 0 Å². The molecular weight excluding hydrogens is 120 g/mol. The Morgan fingerprint density at radius 2 is 1.40 bits per heavy atom. The molecule has 0 nitrogen and oxygen atoms in total. The number of allylic oxidation sites excluding steroid dienone is 2. The first-order chi connectivity index (χ1) is 4.74. The fourth-order valence-corrected chi connectivity index (χ4v) is 1.46. The molecule has 0 aromatic rings. The van der Waals surface area contributed by atoms with Crippen LogP contribution in [0.3, 0.4) is 0 Å². The molecule has 0 saturated heterocycles. The van der Waals surface area contributed by atoms with Crippen LogP contribution in [0.15, 0.2) is 12.2 Å². The molecular formula is C10H20. The fraction of sp³-hybridized carbons (Fsp3) is 0.800. The number of hydrogen-bond acceptors (Lipinski definition) is 0. The first-order valence-electron chi connectivity index (χ1n) is 4.38. The van der Waals surface area contributed by atoms with E-state index in [9.17, 15) is 0 Å². The van der Waals surface area contributed by atoms with E-state index >= 15 is 0 Å². The highest BCUT2D eigenvalue weighted by molar-refractivity contribution is 4.96. The minimum Gasteiger partial charge on any atom is -0.0911 e. The monoisotopic (exact) mass is 140 g/mol. The lowest BCUT2D eigenvalue weighted by Gasteiger charge is -2.25. The van der Waals surface area contributed by atoms with Gasteiger partial charge in [-0.1, -0.05) is 32.9 Å². The Labute approximate surface area is 65.3 Å². The second kappa shape index (κ2) is 4.54. The summed E-state index contributed by atoms with van der Waals surface area (Å²) in [4.78, 5) is 0. The second-order valence-electron chi connectivity index (χ2n) is 2.92. The van der Waals surface area contributed by atoms with Crippen molar-refractivity contribution in [2.24, 2.45) is 5.41 Å². The minimum absolute atomic E-state index is 0.495. The molecule has 10 heavy (non-hydrogen) atoms. The van der Waals surface area contributed by atoms with Gasteiger partial charge in [0, 0.05) is 0 Å². The van der Waals surface area contributed by atoms with Crippen molar-refractivity contribution in [2.45, 2.75) is 47.0 Å². The van der Waals surface area contributed by atoms with Gasteiger partial charge in [0.2, 0.25) is 0 Å². The number of hydrogen-bond donors (Lipinski definition) is 0. The Bertz CT molecular complexity index is 88.3. The summed E-state index contributed by atoms with van der Waals surface area (Å²) >= 11 is 0. The van der Waals surface area contributed by atoms with Crippen LogP contribution in [0.5, 0.6) is 0 Å². The lowest BCUT2D eigenvalue weighted by molar-refractivity contribution is 0.339. The van der Waals surface area contributed by atoms with Gasteiger partial charge in [0.1, 0.15) is 0 Å². The standard InChI is InChI=1S/C10H20/c1-5-9-10(6-2,7-3)8-4/h5,9H,6-8H2,1-4H3/b9-5+. The molecule has 0 amide bonds. The SMILES string of the molecule is C/C=C/C(CC)(CC)CC. The topological polar surface area (TPSA) is 0 Å². The predicted molar refractivity (Wildman–Crippen MR) is 48.1 cm³/mol. The van der Waals surface area contributed by atoms with Crippen molar-refractivity contribution in [3.8, 4) is 0 Å². The maximum absolute atomic E-state index is 2.35. The van der Waals surface area contributed by atoms with Gasteiger partial charge >= 0.3 is 0 Å². The maximum atomic E-state index is 2.35. The summed E-state index contributed by atoms with van der Waals surface area (Å²) in [6, 6.07) is 0. The minimum atomic E-state index is 0.495. The number of rotatable bonds is 4. The molecule has 0 saturated carbocycles. The summed E-state index contributed by atoms with van der Waals surface area (Å²) in [5, 5.41) is 0. The smallest absolute Gasteiger partial charge is 0.0126 e. The normalized spacial score (nSPS) is 12.8. The quantitative estimate of drug-likeness (QED) is 0.521. The predicted octanol–water partition coefficient (Wildman–Crippen LogP) is 3.78. The van der Waals surface area contributed by atoms with Gasteiger partial charge in [-0.05, 0) is 31.6 Å². The highest BCUT2D eigenvalue weighted by Crippen LogP contribution is 2.31. The molecule has 0 radical (unpaired) electrons. The zero-order valence-corrected chi connectivity index (χ0v) is 7.78. The van der Waals surface area contributed by atoms with E-state index in [1.807, 2.05) is 0 Å². The lowest BCUT2D eigenvalue weighted by atomic mass is 9.80. The maximum Gasteiger partial charge on any atom is -0.0126 e. The molecule has 0 spiro atoms. The van der Waals surface area contributed by atoms with Gasteiger partial charge < -0.3 is 0 Å². The van der Waals surface area contributed by atoms with Crippen molar-refractivity contribution in [1.29, 1.82) is 0 Å². The Kier molecular flexibility index (Phi) is 4.42. The summed E-state index contributed by atoms with van der Waals surface area (Å²) in [5.74, 6) is 0. The Morgan fingerprint density at radius 1 is 1.00 bits per heavy atom. The Hall–Kier alpha value is -0.260. The molecule has 0 atom stereocenters. The van der Waals surface area contributed by atoms with Crippen molar-refractivity contribution >= 4 is 0 Å². The molecule has 0 bridgehead atoms. The first kappa shape index (κ1) is 9.74. The molecule has 0 rings (SSSR count). The second-order valence-corrected chi connectivity index (χ2v) is 2.92. The molecule has 0 aromatic carbocycles. The average molecular weight is 140 g/mol. The summed E-state index contributed by atoms with van der Waals surface area (Å²) < 4.78 is 0. The van der Waals surface area contributed by atoms with Crippen LogP contribution in [0.1, 0.15) is 47.0 Å². The molecule has 0 fully saturated rings. The third-order valence-corrected chi connectivity index (χ3v) is 2.63. The van der Waals surface area contributed by atoms with Gasteiger partial charge in [-0.2, -0.15) is 0 Å². The van der Waals surface area contributed by atoms with Gasteiger partial charge in [0.15, 0.2) is 0 Å². The highest BCUT2D eigenvalue weighted by atomic mass is 14.2. The van der Waals surface area contributed by atoms with Crippen molar-refractivity contribution in [3.63, 3.8) is 0 Å². The third kappa shape index (κ3) is 2.17. The molecule has 0 aliphatic carbocycles. The Balaban J connectivity index is 4.15. The van der Waals surface area contributed by atoms with Crippen LogP contribution >= 0.6 is 0 Å². The van der Waals surface area contributed by atoms with Crippen molar-refractivity contribution in [2.75, 3.05) is 0 Å². The van der Waals surface area contributed by atoms with E-state index < -0.39 is 0 Å². The summed E-state index contributed by atoms with van der Waals surface area (Å²) in [7, 11) is 0. The Morgan fingerprint density at radius 3 is 1.50 bits per heavy atom. The lowest BCUT2D eigenvalue weighted by Crippen LogP contribution is -2.13. The van der Waals surface area contributed by atoms with E-state index in [0.717, 1.165) is 0 Å². The van der Waals surface area contributed by atoms with Crippen LogP contribution in [0.4, 0.5) is 0 Å². The van der Waals surface area contributed by atoms with Gasteiger partial charge in [-0.15, -0.1) is 0 Å². The van der Waals surface area contributed by atoms with E-state index in [1.54, 1.807) is 0 Å². The van der Waals surface area contributed by atoms with E-state index in [0.29, 0.717) is 5.41 Å². The van der Waals surface area contributed by atoms with Crippen molar-refractivity contribution in [1.82, 2.24) is 0 Å². The van der Waals surface area contributed by atoms with E-state index in [2.05, 4.69) is 39.8 Å². The molecule has 0 aliphatic rings. The van der Waals surface area contributed by atoms with Gasteiger partial charge in [-0.3, -0.25) is 0 Å². The zero-order chi connectivity index (χ0) is 8.04. The molecule has 0 aliphatic heterocycles. The summed E-state index contributed by atoms with van der Waals surface area (Å²) in [6.07, 6.45) is 8.34. The molecule has 0 aromatic heterocycles. The van der Waals surface area contributed by atoms with Crippen molar-refractivity contribution < 1.29 is 0 Å². The van der Waals surface area contributed by atoms with Crippen LogP contribution in [-0.4, -0.2) is 0 Å². The fourth-order valence-electron chi connectivity index (χ4n) is 1.46. The molecule has 0 N–H and O–H groups in total. The average Bonchev–Trinajstić information content (AvgIpc) is 2.01. The van der Waals surface area contributed by atoms with Crippen molar-refractivity contribution in [3.05, 3.63) is 12.2 Å². The summed E-state index contributed by atoms with van der Waals surface area (Å²) in [5.41, 5.74) is 0.495. The molecule has 0 unspecified atom stereocenters. The summed E-state index contributed by atoms with van der Waals surface area (Å²) in [6.45, 7) is 8.92. The highest BCUT2D eigenvalue weighted by Gasteiger charge is 2.18. The first-order valence-corrected chi connectivity index (χ1v) is 4.38. The van der Waals surface area contributed by atoms with E-state index in [4.69, 9.17) is 0 Å². The van der Waals surface area contributed by atoms with Crippen LogP contribution in [0, 0.1) is 5.41 Å². The van der Waals surface area contributed by atoms with Crippen LogP contribution in [0.25, 0.3) is 0 Å². The van der Waals surface area contributed by atoms with Gasteiger partial charge in [0.25, 0.3) is 0 Å². The largest absolute Gasteiger partial charge is 0.0911 e. The zero-order valence-electron chi connectivity index (χ0n) is 7.78. The van der Waals surface area contributed by atoms with E-state index in [1.165, 1.54) is 19.3 Å². The molecule has 60 valence electrons.